The van der Waals surface area contributed by atoms with Crippen molar-refractivity contribution in [1.82, 2.24) is 4.90 Å². The third kappa shape index (κ3) is 3.72. The molecule has 0 saturated carbocycles. The maximum absolute atomic E-state index is 12.5. The van der Waals surface area contributed by atoms with Gasteiger partial charge in [0.05, 0.1) is 5.92 Å². The Labute approximate surface area is 125 Å². The third-order valence-electron chi connectivity index (χ3n) is 4.14. The van der Waals surface area contributed by atoms with E-state index in [0.29, 0.717) is 6.54 Å². The van der Waals surface area contributed by atoms with Crippen LogP contribution < -0.4 is 5.73 Å². The molecule has 4 heteroatoms. The summed E-state index contributed by atoms with van der Waals surface area (Å²) in [5, 5.41) is 0. The summed E-state index contributed by atoms with van der Waals surface area (Å²) in [5.74, 6) is -0.589. The van der Waals surface area contributed by atoms with Gasteiger partial charge in [0.2, 0.25) is 11.8 Å². The first-order valence-electron chi connectivity index (χ1n) is 7.32. The zero-order chi connectivity index (χ0) is 15.4. The van der Waals surface area contributed by atoms with Gasteiger partial charge in [-0.1, -0.05) is 30.3 Å². The standard InChI is InChI=1S/C17H22N2O2/c1-12(14-6-4-3-5-7-14)10-16(20)19-11-15(17(18)21)9-8-13(19)2/h3-7,10,13,15H,8-9,11H2,1-2H3,(H2,18,21)/b12-10+. The average molecular weight is 286 g/mol. The van der Waals surface area contributed by atoms with Gasteiger partial charge in [-0.3, -0.25) is 9.59 Å². The van der Waals surface area contributed by atoms with Crippen molar-refractivity contribution in [2.45, 2.75) is 32.7 Å². The lowest BCUT2D eigenvalue weighted by molar-refractivity contribution is -0.133. The number of allylic oxidation sites excluding steroid dienone is 1. The second-order valence-corrected chi connectivity index (χ2v) is 5.71. The predicted octanol–water partition coefficient (Wildman–Crippen LogP) is 2.20. The summed E-state index contributed by atoms with van der Waals surface area (Å²) in [6.07, 6.45) is 3.23. The average Bonchev–Trinajstić information content (AvgIpc) is 2.48. The van der Waals surface area contributed by atoms with Gasteiger partial charge in [-0.25, -0.2) is 0 Å². The summed E-state index contributed by atoms with van der Waals surface area (Å²) < 4.78 is 0. The van der Waals surface area contributed by atoms with Gasteiger partial charge >= 0.3 is 0 Å². The summed E-state index contributed by atoms with van der Waals surface area (Å²) in [4.78, 5) is 25.6. The molecule has 4 nitrogen and oxygen atoms in total. The summed E-state index contributed by atoms with van der Waals surface area (Å²) in [6.45, 7) is 4.36. The topological polar surface area (TPSA) is 63.4 Å². The Hall–Kier alpha value is -2.10. The SMILES string of the molecule is C/C(=C\C(=O)N1CC(C(N)=O)CCC1C)c1ccccc1. The molecule has 1 heterocycles. The minimum Gasteiger partial charge on any atom is -0.369 e. The van der Waals surface area contributed by atoms with Crippen LogP contribution in [-0.2, 0) is 9.59 Å². The Balaban J connectivity index is 2.13. The van der Waals surface area contributed by atoms with Crippen LogP contribution in [0.2, 0.25) is 0 Å². The molecule has 2 unspecified atom stereocenters. The molecule has 1 fully saturated rings. The number of piperidine rings is 1. The van der Waals surface area contributed by atoms with Crippen molar-refractivity contribution in [3.05, 3.63) is 42.0 Å². The fourth-order valence-corrected chi connectivity index (χ4v) is 2.70. The summed E-state index contributed by atoms with van der Waals surface area (Å²) in [6, 6.07) is 9.94. The molecule has 0 aliphatic carbocycles. The number of benzene rings is 1. The quantitative estimate of drug-likeness (QED) is 0.866. The Morgan fingerprint density at radius 2 is 1.90 bits per heavy atom. The number of nitrogens with zero attached hydrogens (tertiary/aromatic N) is 1. The molecule has 0 bridgehead atoms. The Morgan fingerprint density at radius 1 is 1.24 bits per heavy atom. The van der Waals surface area contributed by atoms with Gasteiger partial charge in [0.1, 0.15) is 0 Å². The molecule has 2 N–H and O–H groups in total. The summed E-state index contributed by atoms with van der Waals surface area (Å²) >= 11 is 0. The van der Waals surface area contributed by atoms with Crippen LogP contribution in [0.4, 0.5) is 0 Å². The number of nitrogens with two attached hydrogens (primary N) is 1. The number of hydrogen-bond donors (Lipinski definition) is 1. The first-order valence-corrected chi connectivity index (χ1v) is 7.32. The summed E-state index contributed by atoms with van der Waals surface area (Å²) in [7, 11) is 0. The van der Waals surface area contributed by atoms with Gasteiger partial charge in [0, 0.05) is 18.7 Å². The molecule has 1 aromatic rings. The minimum atomic E-state index is -0.316. The maximum Gasteiger partial charge on any atom is 0.247 e. The van der Waals surface area contributed by atoms with Crippen molar-refractivity contribution in [3.63, 3.8) is 0 Å². The highest BCUT2D eigenvalue weighted by molar-refractivity contribution is 5.95. The molecule has 1 aromatic carbocycles. The van der Waals surface area contributed by atoms with Crippen LogP contribution >= 0.6 is 0 Å². The lowest BCUT2D eigenvalue weighted by atomic mass is 9.92. The van der Waals surface area contributed by atoms with Gasteiger partial charge in [-0.2, -0.15) is 0 Å². The highest BCUT2D eigenvalue weighted by Gasteiger charge is 2.30. The largest absolute Gasteiger partial charge is 0.369 e. The van der Waals surface area contributed by atoms with E-state index in [1.807, 2.05) is 44.2 Å². The molecule has 1 aliphatic rings. The molecular formula is C17H22N2O2. The van der Waals surface area contributed by atoms with Gasteiger partial charge in [0.15, 0.2) is 0 Å². The smallest absolute Gasteiger partial charge is 0.247 e. The Kier molecular flexibility index (Phi) is 4.78. The molecule has 0 aromatic heterocycles. The predicted molar refractivity (Wildman–Crippen MR) is 83.2 cm³/mol. The molecule has 2 atom stereocenters. The van der Waals surface area contributed by atoms with Crippen LogP contribution in [0.15, 0.2) is 36.4 Å². The fourth-order valence-electron chi connectivity index (χ4n) is 2.70. The molecule has 2 rings (SSSR count). The Morgan fingerprint density at radius 3 is 2.52 bits per heavy atom. The van der Waals surface area contributed by atoms with E-state index >= 15 is 0 Å². The van der Waals surface area contributed by atoms with Gasteiger partial charge in [0.25, 0.3) is 0 Å². The molecular weight excluding hydrogens is 264 g/mol. The van der Waals surface area contributed by atoms with Gasteiger partial charge in [-0.05, 0) is 37.8 Å². The highest BCUT2D eigenvalue weighted by Crippen LogP contribution is 2.23. The molecule has 2 amide bonds. The van der Waals surface area contributed by atoms with E-state index in [1.54, 1.807) is 11.0 Å². The maximum atomic E-state index is 12.5. The van der Waals surface area contributed by atoms with Crippen molar-refractivity contribution >= 4 is 17.4 Å². The van der Waals surface area contributed by atoms with Crippen LogP contribution in [0.25, 0.3) is 5.57 Å². The number of carbonyl (C=O) groups excluding carboxylic acids is 2. The van der Waals surface area contributed by atoms with Crippen molar-refractivity contribution in [2.75, 3.05) is 6.54 Å². The van der Waals surface area contributed by atoms with Gasteiger partial charge < -0.3 is 10.6 Å². The van der Waals surface area contributed by atoms with E-state index in [9.17, 15) is 9.59 Å². The number of likely N-dealkylation sites (tertiary alicyclic amines) is 1. The van der Waals surface area contributed by atoms with E-state index in [4.69, 9.17) is 5.73 Å². The van der Waals surface area contributed by atoms with Crippen LogP contribution in [0.5, 0.6) is 0 Å². The number of amides is 2. The normalized spacial score (nSPS) is 23.0. The highest BCUT2D eigenvalue weighted by atomic mass is 16.2. The number of rotatable bonds is 3. The second-order valence-electron chi connectivity index (χ2n) is 5.71. The second kappa shape index (κ2) is 6.57. The van der Waals surface area contributed by atoms with E-state index in [2.05, 4.69) is 0 Å². The minimum absolute atomic E-state index is 0.0465. The van der Waals surface area contributed by atoms with Gasteiger partial charge in [-0.15, -0.1) is 0 Å². The first kappa shape index (κ1) is 15.3. The summed E-state index contributed by atoms with van der Waals surface area (Å²) in [5.41, 5.74) is 7.33. The van der Waals surface area contributed by atoms with E-state index in [1.165, 1.54) is 0 Å². The van der Waals surface area contributed by atoms with Crippen molar-refractivity contribution in [2.24, 2.45) is 11.7 Å². The number of hydrogen-bond acceptors (Lipinski definition) is 2. The monoisotopic (exact) mass is 286 g/mol. The molecule has 1 saturated heterocycles. The van der Waals surface area contributed by atoms with Crippen molar-refractivity contribution in [3.8, 4) is 0 Å². The number of carbonyl (C=O) groups is 2. The molecule has 112 valence electrons. The zero-order valence-electron chi connectivity index (χ0n) is 12.6. The first-order chi connectivity index (χ1) is 9.99. The number of primary amides is 1. The zero-order valence-corrected chi connectivity index (χ0v) is 12.6. The lowest BCUT2D eigenvalue weighted by Crippen LogP contribution is -2.48. The van der Waals surface area contributed by atoms with Crippen molar-refractivity contribution < 1.29 is 9.59 Å². The molecule has 0 radical (unpaired) electrons. The fraction of sp³-hybridized carbons (Fsp3) is 0.412. The van der Waals surface area contributed by atoms with E-state index < -0.39 is 0 Å². The van der Waals surface area contributed by atoms with Crippen LogP contribution in [0, 0.1) is 5.92 Å². The van der Waals surface area contributed by atoms with Crippen molar-refractivity contribution in [1.29, 1.82) is 0 Å². The molecule has 21 heavy (non-hydrogen) atoms. The van der Waals surface area contributed by atoms with Crippen LogP contribution in [0.1, 0.15) is 32.3 Å². The lowest BCUT2D eigenvalue weighted by Gasteiger charge is -2.36. The van der Waals surface area contributed by atoms with E-state index in [0.717, 1.165) is 24.0 Å². The van der Waals surface area contributed by atoms with E-state index in [-0.39, 0.29) is 23.8 Å². The van der Waals surface area contributed by atoms with Crippen LogP contribution in [0.3, 0.4) is 0 Å². The molecule has 1 aliphatic heterocycles. The Bertz CT molecular complexity index is 551. The van der Waals surface area contributed by atoms with Crippen LogP contribution in [-0.4, -0.2) is 29.3 Å². The third-order valence-corrected chi connectivity index (χ3v) is 4.14. The molecule has 0 spiro atoms.